The number of hydrogen-bond acceptors (Lipinski definition) is 4. The number of nitrogens with zero attached hydrogens (tertiary/aromatic N) is 2. The van der Waals surface area contributed by atoms with Crippen LogP contribution >= 0.6 is 0 Å². The molecule has 3 aromatic rings. The molecule has 0 unspecified atom stereocenters. The summed E-state index contributed by atoms with van der Waals surface area (Å²) in [4.78, 5) is 21.3. The van der Waals surface area contributed by atoms with Gasteiger partial charge in [-0.15, -0.1) is 0 Å². The summed E-state index contributed by atoms with van der Waals surface area (Å²) in [5.41, 5.74) is 1.50. The normalized spacial score (nSPS) is 14.4. The quantitative estimate of drug-likeness (QED) is 0.684. The zero-order valence-corrected chi connectivity index (χ0v) is 15.7. The Balaban J connectivity index is 1.44. The van der Waals surface area contributed by atoms with Crippen LogP contribution in [0.5, 0.6) is 11.6 Å². The number of benzene rings is 2. The van der Waals surface area contributed by atoms with Gasteiger partial charge in [-0.05, 0) is 37.1 Å². The highest BCUT2D eigenvalue weighted by molar-refractivity contribution is 5.94. The van der Waals surface area contributed by atoms with Crippen molar-refractivity contribution in [1.82, 2.24) is 15.3 Å². The Morgan fingerprint density at radius 3 is 2.43 bits per heavy atom. The molecule has 0 saturated heterocycles. The van der Waals surface area contributed by atoms with E-state index >= 15 is 0 Å². The highest BCUT2D eigenvalue weighted by atomic mass is 16.5. The molecular formula is C23H23N3O2. The second-order valence-electron chi connectivity index (χ2n) is 7.02. The maximum absolute atomic E-state index is 12.5. The SMILES string of the molecule is O=C(NC1CCCCC1)c1ccc(-c2nccc(Oc3ccccc3)n2)cc1. The fourth-order valence-corrected chi connectivity index (χ4v) is 3.43. The van der Waals surface area contributed by atoms with Crippen LogP contribution in [-0.4, -0.2) is 21.9 Å². The summed E-state index contributed by atoms with van der Waals surface area (Å²) in [5.74, 6) is 1.75. The molecule has 28 heavy (non-hydrogen) atoms. The lowest BCUT2D eigenvalue weighted by Crippen LogP contribution is -2.36. The van der Waals surface area contributed by atoms with Gasteiger partial charge in [-0.1, -0.05) is 49.6 Å². The van der Waals surface area contributed by atoms with E-state index in [0.29, 0.717) is 23.3 Å². The second-order valence-corrected chi connectivity index (χ2v) is 7.02. The minimum absolute atomic E-state index is 0.0134. The second kappa shape index (κ2) is 8.65. The van der Waals surface area contributed by atoms with Crippen LogP contribution in [0, 0.1) is 0 Å². The van der Waals surface area contributed by atoms with Gasteiger partial charge in [0.1, 0.15) is 5.75 Å². The van der Waals surface area contributed by atoms with Gasteiger partial charge < -0.3 is 10.1 Å². The van der Waals surface area contributed by atoms with Crippen molar-refractivity contribution < 1.29 is 9.53 Å². The molecule has 0 spiro atoms. The molecule has 1 aliphatic carbocycles. The van der Waals surface area contributed by atoms with Crippen molar-refractivity contribution in [3.63, 3.8) is 0 Å². The predicted molar refractivity (Wildman–Crippen MR) is 108 cm³/mol. The molecule has 1 fully saturated rings. The van der Waals surface area contributed by atoms with Crippen molar-refractivity contribution >= 4 is 5.91 Å². The van der Waals surface area contributed by atoms with E-state index in [0.717, 1.165) is 24.2 Å². The summed E-state index contributed by atoms with van der Waals surface area (Å²) in [7, 11) is 0. The third-order valence-electron chi connectivity index (χ3n) is 4.94. The van der Waals surface area contributed by atoms with Crippen LogP contribution in [0.3, 0.4) is 0 Å². The number of hydrogen-bond donors (Lipinski definition) is 1. The lowest BCUT2D eigenvalue weighted by Gasteiger charge is -2.22. The molecule has 1 saturated carbocycles. The van der Waals surface area contributed by atoms with Crippen molar-refractivity contribution in [2.24, 2.45) is 0 Å². The highest BCUT2D eigenvalue weighted by Gasteiger charge is 2.16. The van der Waals surface area contributed by atoms with Crippen LogP contribution in [-0.2, 0) is 0 Å². The van der Waals surface area contributed by atoms with Crippen LogP contribution in [0.2, 0.25) is 0 Å². The van der Waals surface area contributed by atoms with E-state index in [9.17, 15) is 4.79 Å². The Labute approximate surface area is 164 Å². The number of carbonyl (C=O) groups is 1. The largest absolute Gasteiger partial charge is 0.439 e. The molecule has 142 valence electrons. The summed E-state index contributed by atoms with van der Waals surface area (Å²) in [6.07, 6.45) is 7.49. The summed E-state index contributed by atoms with van der Waals surface area (Å²) >= 11 is 0. The molecule has 0 aliphatic heterocycles. The fraction of sp³-hybridized carbons (Fsp3) is 0.261. The molecule has 5 heteroatoms. The van der Waals surface area contributed by atoms with Crippen molar-refractivity contribution in [3.05, 3.63) is 72.4 Å². The summed E-state index contributed by atoms with van der Waals surface area (Å²) in [6.45, 7) is 0. The molecule has 1 aliphatic rings. The maximum Gasteiger partial charge on any atom is 0.251 e. The average molecular weight is 373 g/mol. The van der Waals surface area contributed by atoms with Crippen molar-refractivity contribution in [3.8, 4) is 23.0 Å². The molecule has 0 radical (unpaired) electrons. The molecule has 1 aromatic heterocycles. The van der Waals surface area contributed by atoms with E-state index in [1.807, 2.05) is 54.6 Å². The van der Waals surface area contributed by atoms with Gasteiger partial charge in [0.2, 0.25) is 5.88 Å². The molecule has 4 rings (SSSR count). The molecule has 1 N–H and O–H groups in total. The van der Waals surface area contributed by atoms with E-state index in [2.05, 4.69) is 15.3 Å². The summed E-state index contributed by atoms with van der Waals surface area (Å²) in [5, 5.41) is 3.14. The minimum atomic E-state index is -0.0134. The van der Waals surface area contributed by atoms with Crippen LogP contribution in [0.4, 0.5) is 0 Å². The van der Waals surface area contributed by atoms with Crippen molar-refractivity contribution in [2.75, 3.05) is 0 Å². The molecule has 2 aromatic carbocycles. The number of nitrogens with one attached hydrogen (secondary N) is 1. The van der Waals surface area contributed by atoms with E-state index in [1.54, 1.807) is 12.3 Å². The van der Waals surface area contributed by atoms with Gasteiger partial charge in [-0.3, -0.25) is 4.79 Å². The van der Waals surface area contributed by atoms with Gasteiger partial charge in [0.25, 0.3) is 5.91 Å². The number of carbonyl (C=O) groups excluding carboxylic acids is 1. The zero-order chi connectivity index (χ0) is 19.2. The molecular weight excluding hydrogens is 350 g/mol. The lowest BCUT2D eigenvalue weighted by atomic mass is 9.95. The zero-order valence-electron chi connectivity index (χ0n) is 15.7. The van der Waals surface area contributed by atoms with Crippen LogP contribution in [0.15, 0.2) is 66.9 Å². The first-order valence-electron chi connectivity index (χ1n) is 9.75. The minimum Gasteiger partial charge on any atom is -0.439 e. The monoisotopic (exact) mass is 373 g/mol. The Bertz CT molecular complexity index is 920. The number of ether oxygens (including phenoxy) is 1. The van der Waals surface area contributed by atoms with Crippen LogP contribution in [0.25, 0.3) is 11.4 Å². The molecule has 0 bridgehead atoms. The van der Waals surface area contributed by atoms with Crippen molar-refractivity contribution in [2.45, 2.75) is 38.1 Å². The van der Waals surface area contributed by atoms with Gasteiger partial charge >= 0.3 is 0 Å². The van der Waals surface area contributed by atoms with Crippen LogP contribution in [0.1, 0.15) is 42.5 Å². The topological polar surface area (TPSA) is 64.1 Å². The van der Waals surface area contributed by atoms with E-state index in [4.69, 9.17) is 4.74 Å². The smallest absolute Gasteiger partial charge is 0.251 e. The van der Waals surface area contributed by atoms with E-state index in [1.165, 1.54) is 19.3 Å². The first kappa shape index (κ1) is 18.2. The van der Waals surface area contributed by atoms with Gasteiger partial charge in [-0.2, -0.15) is 4.98 Å². The number of rotatable bonds is 5. The molecule has 1 heterocycles. The van der Waals surface area contributed by atoms with Gasteiger partial charge in [-0.25, -0.2) is 4.98 Å². The van der Waals surface area contributed by atoms with Gasteiger partial charge in [0, 0.05) is 29.4 Å². The average Bonchev–Trinajstić information content (AvgIpc) is 2.75. The molecule has 5 nitrogen and oxygen atoms in total. The van der Waals surface area contributed by atoms with Crippen molar-refractivity contribution in [1.29, 1.82) is 0 Å². The third-order valence-corrected chi connectivity index (χ3v) is 4.94. The van der Waals surface area contributed by atoms with E-state index in [-0.39, 0.29) is 5.91 Å². The highest BCUT2D eigenvalue weighted by Crippen LogP contribution is 2.22. The molecule has 0 atom stereocenters. The number of amides is 1. The first-order chi connectivity index (χ1) is 13.8. The number of para-hydroxylation sites is 1. The lowest BCUT2D eigenvalue weighted by molar-refractivity contribution is 0.0927. The van der Waals surface area contributed by atoms with Gasteiger partial charge in [0.15, 0.2) is 5.82 Å². The van der Waals surface area contributed by atoms with E-state index < -0.39 is 0 Å². The Hall–Kier alpha value is -3.21. The first-order valence-corrected chi connectivity index (χ1v) is 9.75. The summed E-state index contributed by atoms with van der Waals surface area (Å²) in [6, 6.07) is 18.9. The Morgan fingerprint density at radius 1 is 0.929 bits per heavy atom. The Kier molecular flexibility index (Phi) is 5.61. The number of aromatic nitrogens is 2. The van der Waals surface area contributed by atoms with Gasteiger partial charge in [0.05, 0.1) is 0 Å². The Morgan fingerprint density at radius 2 is 1.68 bits per heavy atom. The summed E-state index contributed by atoms with van der Waals surface area (Å²) < 4.78 is 5.77. The molecule has 1 amide bonds. The maximum atomic E-state index is 12.5. The third kappa shape index (κ3) is 4.55. The standard InChI is InChI=1S/C23H23N3O2/c27-23(25-19-7-3-1-4-8-19)18-13-11-17(12-14-18)22-24-16-15-21(26-22)28-20-9-5-2-6-10-20/h2,5-6,9-16,19H,1,3-4,7-8H2,(H,25,27). The fourth-order valence-electron chi connectivity index (χ4n) is 3.43. The predicted octanol–water partition coefficient (Wildman–Crippen LogP) is 5.00. The van der Waals surface area contributed by atoms with Crippen LogP contribution < -0.4 is 10.1 Å².